The fraction of sp³-hybridized carbons (Fsp3) is 0.333. The zero-order valence-electron chi connectivity index (χ0n) is 6.51. The minimum atomic E-state index is -0.206. The Kier molecular flexibility index (Phi) is 3.05. The minimum absolute atomic E-state index is 0.206. The van der Waals surface area contributed by atoms with E-state index in [1.54, 1.807) is 6.07 Å². The summed E-state index contributed by atoms with van der Waals surface area (Å²) in [5.41, 5.74) is 0.881. The Bertz CT molecular complexity index is 223. The van der Waals surface area contributed by atoms with Crippen molar-refractivity contribution in [2.45, 2.75) is 13.5 Å². The van der Waals surface area contributed by atoms with Crippen LogP contribution in [0.5, 0.6) is 0 Å². The van der Waals surface area contributed by atoms with Crippen LogP contribution in [0.2, 0.25) is 0 Å². The van der Waals surface area contributed by atoms with Gasteiger partial charge in [-0.2, -0.15) is 0 Å². The van der Waals surface area contributed by atoms with Gasteiger partial charge in [-0.05, 0) is 24.6 Å². The van der Waals surface area contributed by atoms with Gasteiger partial charge in [-0.15, -0.1) is 0 Å². The Hall–Kier alpha value is -0.890. The Morgan fingerprint density at radius 1 is 1.45 bits per heavy atom. The van der Waals surface area contributed by atoms with Gasteiger partial charge in [-0.25, -0.2) is 4.39 Å². The summed E-state index contributed by atoms with van der Waals surface area (Å²) in [6.45, 7) is 3.07. The molecule has 0 aliphatic rings. The van der Waals surface area contributed by atoms with Crippen molar-refractivity contribution in [2.75, 3.05) is 6.61 Å². The van der Waals surface area contributed by atoms with E-state index < -0.39 is 0 Å². The third kappa shape index (κ3) is 2.68. The Labute approximate surface area is 65.8 Å². The predicted molar refractivity (Wildman–Crippen MR) is 41.7 cm³/mol. The lowest BCUT2D eigenvalue weighted by Gasteiger charge is -2.00. The molecule has 60 valence electrons. The molecule has 0 aliphatic carbocycles. The van der Waals surface area contributed by atoms with Crippen molar-refractivity contribution < 1.29 is 9.13 Å². The first kappa shape index (κ1) is 8.21. The summed E-state index contributed by atoms with van der Waals surface area (Å²) >= 11 is 0. The number of hydrogen-bond acceptors (Lipinski definition) is 1. The highest BCUT2D eigenvalue weighted by Crippen LogP contribution is 2.04. The number of hydrogen-bond donors (Lipinski definition) is 0. The predicted octanol–water partition coefficient (Wildman–Crippen LogP) is 2.36. The van der Waals surface area contributed by atoms with Crippen molar-refractivity contribution in [3.63, 3.8) is 0 Å². The third-order valence-electron chi connectivity index (χ3n) is 1.36. The van der Waals surface area contributed by atoms with E-state index in [2.05, 4.69) is 0 Å². The van der Waals surface area contributed by atoms with Crippen molar-refractivity contribution in [2.24, 2.45) is 0 Å². The second-order valence-electron chi connectivity index (χ2n) is 2.27. The quantitative estimate of drug-likeness (QED) is 0.649. The Balaban J connectivity index is 2.56. The summed E-state index contributed by atoms with van der Waals surface area (Å²) < 4.78 is 17.6. The van der Waals surface area contributed by atoms with E-state index in [9.17, 15) is 4.39 Å². The van der Waals surface area contributed by atoms with E-state index in [0.717, 1.165) is 5.56 Å². The summed E-state index contributed by atoms with van der Waals surface area (Å²) in [6.07, 6.45) is 0. The van der Waals surface area contributed by atoms with Crippen LogP contribution < -0.4 is 0 Å². The molecule has 1 aromatic carbocycles. The van der Waals surface area contributed by atoms with Crippen molar-refractivity contribution in [1.29, 1.82) is 0 Å². The van der Waals surface area contributed by atoms with Gasteiger partial charge in [0.25, 0.3) is 0 Å². The van der Waals surface area contributed by atoms with E-state index in [1.165, 1.54) is 12.1 Å². The van der Waals surface area contributed by atoms with Crippen LogP contribution in [0, 0.1) is 5.82 Å². The molecule has 0 atom stereocenters. The molecule has 0 radical (unpaired) electrons. The van der Waals surface area contributed by atoms with Gasteiger partial charge >= 0.3 is 0 Å². The van der Waals surface area contributed by atoms with Gasteiger partial charge in [0, 0.05) is 6.61 Å². The van der Waals surface area contributed by atoms with Crippen molar-refractivity contribution in [1.82, 2.24) is 0 Å². The summed E-state index contributed by atoms with van der Waals surface area (Å²) in [6, 6.07) is 6.44. The van der Waals surface area contributed by atoms with Crippen LogP contribution in [0.1, 0.15) is 12.5 Å². The molecule has 0 N–H and O–H groups in total. The van der Waals surface area contributed by atoms with Crippen LogP contribution in [-0.2, 0) is 11.3 Å². The molecule has 0 aromatic heterocycles. The largest absolute Gasteiger partial charge is 0.377 e. The standard InChI is InChI=1S/C9H11FO/c1-2-11-7-8-4-3-5-9(10)6-8/h3-6H,2,7H2,1H3. The smallest absolute Gasteiger partial charge is 0.123 e. The first-order valence-corrected chi connectivity index (χ1v) is 3.65. The molecule has 0 amide bonds. The molecule has 0 aliphatic heterocycles. The molecular weight excluding hydrogens is 143 g/mol. The van der Waals surface area contributed by atoms with Gasteiger partial charge in [-0.3, -0.25) is 0 Å². The highest BCUT2D eigenvalue weighted by molar-refractivity contribution is 5.15. The SMILES string of the molecule is CCOCc1cccc(F)c1. The van der Waals surface area contributed by atoms with Gasteiger partial charge in [-0.1, -0.05) is 12.1 Å². The summed E-state index contributed by atoms with van der Waals surface area (Å²) in [5, 5.41) is 0. The maximum atomic E-state index is 12.5. The molecular formula is C9H11FO. The van der Waals surface area contributed by atoms with E-state index in [4.69, 9.17) is 4.74 Å². The van der Waals surface area contributed by atoms with Crippen LogP contribution >= 0.6 is 0 Å². The Morgan fingerprint density at radius 3 is 2.91 bits per heavy atom. The second kappa shape index (κ2) is 4.09. The molecule has 1 nitrogen and oxygen atoms in total. The zero-order chi connectivity index (χ0) is 8.10. The van der Waals surface area contributed by atoms with Crippen LogP contribution in [0.4, 0.5) is 4.39 Å². The molecule has 1 rings (SSSR count). The first-order chi connectivity index (χ1) is 5.33. The van der Waals surface area contributed by atoms with Gasteiger partial charge in [0.05, 0.1) is 6.61 Å². The topological polar surface area (TPSA) is 9.23 Å². The molecule has 0 fully saturated rings. The normalized spacial score (nSPS) is 10.0. The summed E-state index contributed by atoms with van der Waals surface area (Å²) in [5.74, 6) is -0.206. The fourth-order valence-corrected chi connectivity index (χ4v) is 0.847. The van der Waals surface area contributed by atoms with Gasteiger partial charge < -0.3 is 4.74 Å². The Morgan fingerprint density at radius 2 is 2.27 bits per heavy atom. The third-order valence-corrected chi connectivity index (χ3v) is 1.36. The van der Waals surface area contributed by atoms with Gasteiger partial charge in [0.1, 0.15) is 5.82 Å². The second-order valence-corrected chi connectivity index (χ2v) is 2.27. The lowest BCUT2D eigenvalue weighted by Crippen LogP contribution is -1.91. The number of rotatable bonds is 3. The maximum absolute atomic E-state index is 12.5. The molecule has 11 heavy (non-hydrogen) atoms. The highest BCUT2D eigenvalue weighted by Gasteiger charge is 1.93. The average molecular weight is 154 g/mol. The van der Waals surface area contributed by atoms with Crippen molar-refractivity contribution in [3.05, 3.63) is 35.6 Å². The number of ether oxygens (including phenoxy) is 1. The number of halogens is 1. The molecule has 0 spiro atoms. The molecule has 2 heteroatoms. The van der Waals surface area contributed by atoms with E-state index >= 15 is 0 Å². The van der Waals surface area contributed by atoms with Crippen molar-refractivity contribution in [3.8, 4) is 0 Å². The lowest BCUT2D eigenvalue weighted by atomic mass is 10.2. The molecule has 1 aromatic rings. The first-order valence-electron chi connectivity index (χ1n) is 3.65. The number of benzene rings is 1. The summed E-state index contributed by atoms with van der Waals surface area (Å²) in [7, 11) is 0. The van der Waals surface area contributed by atoms with Gasteiger partial charge in [0.15, 0.2) is 0 Å². The fourth-order valence-electron chi connectivity index (χ4n) is 0.847. The molecule has 0 unspecified atom stereocenters. The van der Waals surface area contributed by atoms with E-state index in [1.807, 2.05) is 13.0 Å². The zero-order valence-corrected chi connectivity index (χ0v) is 6.51. The maximum Gasteiger partial charge on any atom is 0.123 e. The van der Waals surface area contributed by atoms with Crippen LogP contribution in [0.25, 0.3) is 0 Å². The lowest BCUT2D eigenvalue weighted by molar-refractivity contribution is 0.134. The molecule has 0 saturated carbocycles. The van der Waals surface area contributed by atoms with Crippen LogP contribution in [-0.4, -0.2) is 6.61 Å². The average Bonchev–Trinajstić information content (AvgIpc) is 2.01. The highest BCUT2D eigenvalue weighted by atomic mass is 19.1. The van der Waals surface area contributed by atoms with Crippen molar-refractivity contribution >= 4 is 0 Å². The van der Waals surface area contributed by atoms with Crippen LogP contribution in [0.3, 0.4) is 0 Å². The molecule has 0 bridgehead atoms. The summed E-state index contributed by atoms with van der Waals surface area (Å²) in [4.78, 5) is 0. The van der Waals surface area contributed by atoms with Gasteiger partial charge in [0.2, 0.25) is 0 Å². The molecule has 0 saturated heterocycles. The minimum Gasteiger partial charge on any atom is -0.377 e. The van der Waals surface area contributed by atoms with Crippen LogP contribution in [0.15, 0.2) is 24.3 Å². The molecule has 0 heterocycles. The monoisotopic (exact) mass is 154 g/mol. The van der Waals surface area contributed by atoms with E-state index in [0.29, 0.717) is 13.2 Å². The van der Waals surface area contributed by atoms with E-state index in [-0.39, 0.29) is 5.82 Å².